The number of likely N-dealkylation sites (tertiary alicyclic amines) is 1. The molecule has 118 valence electrons. The first-order valence-electron chi connectivity index (χ1n) is 8.28. The Morgan fingerprint density at radius 2 is 2.00 bits per heavy atom. The second-order valence-corrected chi connectivity index (χ2v) is 7.14. The lowest BCUT2D eigenvalue weighted by Gasteiger charge is -2.30. The quantitative estimate of drug-likeness (QED) is 0.633. The van der Waals surface area contributed by atoms with Crippen molar-refractivity contribution in [1.82, 2.24) is 4.90 Å². The fraction of sp³-hybridized carbons (Fsp3) is 0.400. The van der Waals surface area contributed by atoms with Gasteiger partial charge in [-0.25, -0.2) is 0 Å². The van der Waals surface area contributed by atoms with E-state index in [1.54, 1.807) is 7.05 Å². The van der Waals surface area contributed by atoms with Crippen LogP contribution in [0.15, 0.2) is 43.0 Å². The van der Waals surface area contributed by atoms with E-state index in [1.807, 2.05) is 6.08 Å². The van der Waals surface area contributed by atoms with Crippen LogP contribution >= 0.6 is 0 Å². The van der Waals surface area contributed by atoms with Crippen molar-refractivity contribution in [3.05, 3.63) is 54.1 Å². The highest BCUT2D eigenvalue weighted by Crippen LogP contribution is 2.61. The standard InChI is InChI=1S/C20H21NO2/c1-3-13-4-6-14(7-5-13)8-10-20-11-9-15(12-20)16-17(20)19(23)21(2)18(16)22/h3-7,9,11,15-17H,1,8,10,12H2,2H3. The average Bonchev–Trinajstić information content (AvgIpc) is 3.21. The SMILES string of the molecule is C=Cc1ccc(CCC23C=CC(C2)C2C(=O)N(C)C(=O)C23)cc1. The predicted octanol–water partition coefficient (Wildman–Crippen LogP) is 3.07. The van der Waals surface area contributed by atoms with E-state index in [2.05, 4.69) is 43.0 Å². The van der Waals surface area contributed by atoms with Crippen LogP contribution in [0.2, 0.25) is 0 Å². The minimum Gasteiger partial charge on any atom is -0.285 e. The number of amides is 2. The van der Waals surface area contributed by atoms with Crippen LogP contribution in [0.25, 0.3) is 6.08 Å². The topological polar surface area (TPSA) is 37.4 Å². The number of imide groups is 1. The van der Waals surface area contributed by atoms with E-state index in [1.165, 1.54) is 10.5 Å². The molecule has 1 aromatic rings. The molecule has 2 aliphatic carbocycles. The summed E-state index contributed by atoms with van der Waals surface area (Å²) in [5.74, 6) is 0.0491. The van der Waals surface area contributed by atoms with Gasteiger partial charge in [-0.3, -0.25) is 14.5 Å². The van der Waals surface area contributed by atoms with E-state index in [4.69, 9.17) is 0 Å². The van der Waals surface area contributed by atoms with Crippen LogP contribution in [0.1, 0.15) is 24.0 Å². The average molecular weight is 307 g/mol. The molecule has 1 saturated heterocycles. The Labute approximate surface area is 136 Å². The van der Waals surface area contributed by atoms with Crippen LogP contribution in [0.3, 0.4) is 0 Å². The Morgan fingerprint density at radius 3 is 2.70 bits per heavy atom. The molecule has 3 aliphatic rings. The number of benzene rings is 1. The van der Waals surface area contributed by atoms with Crippen molar-refractivity contribution in [2.75, 3.05) is 7.05 Å². The molecule has 3 nitrogen and oxygen atoms in total. The zero-order chi connectivity index (χ0) is 16.2. The van der Waals surface area contributed by atoms with Gasteiger partial charge in [-0.1, -0.05) is 49.1 Å². The third-order valence-electron chi connectivity index (χ3n) is 6.04. The van der Waals surface area contributed by atoms with E-state index in [9.17, 15) is 9.59 Å². The van der Waals surface area contributed by atoms with E-state index >= 15 is 0 Å². The Kier molecular flexibility index (Phi) is 3.09. The van der Waals surface area contributed by atoms with Crippen LogP contribution in [0, 0.1) is 23.2 Å². The molecule has 1 heterocycles. The van der Waals surface area contributed by atoms with Gasteiger partial charge in [-0.2, -0.15) is 0 Å². The van der Waals surface area contributed by atoms with Crippen molar-refractivity contribution >= 4 is 17.9 Å². The zero-order valence-electron chi connectivity index (χ0n) is 13.4. The molecule has 0 radical (unpaired) electrons. The molecule has 2 fully saturated rings. The molecular formula is C20H21NO2. The van der Waals surface area contributed by atoms with Gasteiger partial charge in [0, 0.05) is 12.5 Å². The van der Waals surface area contributed by atoms with Crippen LogP contribution in [-0.4, -0.2) is 23.8 Å². The number of allylic oxidation sites excluding steroid dienone is 2. The van der Waals surface area contributed by atoms with Crippen molar-refractivity contribution in [1.29, 1.82) is 0 Å². The van der Waals surface area contributed by atoms with Crippen molar-refractivity contribution in [2.45, 2.75) is 19.3 Å². The number of aryl methyl sites for hydroxylation is 1. The van der Waals surface area contributed by atoms with Crippen molar-refractivity contribution in [3.63, 3.8) is 0 Å². The number of carbonyl (C=O) groups is 2. The molecule has 3 heteroatoms. The first-order valence-corrected chi connectivity index (χ1v) is 8.28. The van der Waals surface area contributed by atoms with Gasteiger partial charge in [-0.15, -0.1) is 0 Å². The molecule has 2 amide bonds. The van der Waals surface area contributed by atoms with Gasteiger partial charge >= 0.3 is 0 Å². The first kappa shape index (κ1) is 14.4. The third-order valence-corrected chi connectivity index (χ3v) is 6.04. The van der Waals surface area contributed by atoms with Gasteiger partial charge in [0.2, 0.25) is 11.8 Å². The fourth-order valence-corrected chi connectivity index (χ4v) is 4.78. The molecule has 0 spiro atoms. The monoisotopic (exact) mass is 307 g/mol. The van der Waals surface area contributed by atoms with Gasteiger partial charge in [0.1, 0.15) is 0 Å². The summed E-state index contributed by atoms with van der Waals surface area (Å²) in [6, 6.07) is 8.40. The van der Waals surface area contributed by atoms with Gasteiger partial charge in [0.15, 0.2) is 0 Å². The Hall–Kier alpha value is -2.16. The van der Waals surface area contributed by atoms with Crippen LogP contribution in [0.4, 0.5) is 0 Å². The summed E-state index contributed by atoms with van der Waals surface area (Å²) >= 11 is 0. The number of hydrogen-bond donors (Lipinski definition) is 0. The van der Waals surface area contributed by atoms with Gasteiger partial charge in [0.25, 0.3) is 0 Å². The Bertz CT molecular complexity index is 718. The molecule has 4 atom stereocenters. The molecule has 23 heavy (non-hydrogen) atoms. The highest BCUT2D eigenvalue weighted by atomic mass is 16.2. The first-order chi connectivity index (χ1) is 11.1. The third kappa shape index (κ3) is 1.95. The normalized spacial score (nSPS) is 34.3. The largest absolute Gasteiger partial charge is 0.285 e. The molecule has 4 rings (SSSR count). The maximum atomic E-state index is 12.5. The summed E-state index contributed by atoms with van der Waals surface area (Å²) < 4.78 is 0. The number of hydrogen-bond acceptors (Lipinski definition) is 2. The Morgan fingerprint density at radius 1 is 1.26 bits per heavy atom. The van der Waals surface area contributed by atoms with Crippen molar-refractivity contribution < 1.29 is 9.59 Å². The summed E-state index contributed by atoms with van der Waals surface area (Å²) in [7, 11) is 1.63. The minimum atomic E-state index is -0.137. The van der Waals surface area contributed by atoms with E-state index in [0.717, 1.165) is 24.8 Å². The van der Waals surface area contributed by atoms with Crippen molar-refractivity contribution in [3.8, 4) is 0 Å². The zero-order valence-corrected chi connectivity index (χ0v) is 13.4. The molecule has 2 bridgehead atoms. The summed E-state index contributed by atoms with van der Waals surface area (Å²) in [6.45, 7) is 3.78. The predicted molar refractivity (Wildman–Crippen MR) is 89.3 cm³/mol. The molecule has 4 unspecified atom stereocenters. The molecule has 1 aromatic carbocycles. The van der Waals surface area contributed by atoms with E-state index < -0.39 is 0 Å². The summed E-state index contributed by atoms with van der Waals surface area (Å²) in [6.07, 6.45) is 9.06. The Balaban J connectivity index is 1.56. The second kappa shape index (κ2) is 4.92. The number of nitrogens with zero attached hydrogens (tertiary/aromatic N) is 1. The number of carbonyl (C=O) groups excluding carboxylic acids is 2. The van der Waals surface area contributed by atoms with E-state index in [-0.39, 0.29) is 35.0 Å². The van der Waals surface area contributed by atoms with E-state index in [0.29, 0.717) is 0 Å². The molecule has 1 aliphatic heterocycles. The van der Waals surface area contributed by atoms with Gasteiger partial charge < -0.3 is 0 Å². The number of fused-ring (bicyclic) bond motifs is 5. The summed E-state index contributed by atoms with van der Waals surface area (Å²) in [5, 5.41) is 0. The lowest BCUT2D eigenvalue weighted by atomic mass is 9.71. The molecule has 0 N–H and O–H groups in total. The van der Waals surface area contributed by atoms with Crippen LogP contribution in [0.5, 0.6) is 0 Å². The van der Waals surface area contributed by atoms with Crippen LogP contribution in [-0.2, 0) is 16.0 Å². The smallest absolute Gasteiger partial charge is 0.233 e. The minimum absolute atomic E-state index is 0.0200. The maximum absolute atomic E-state index is 12.5. The molecule has 0 aromatic heterocycles. The second-order valence-electron chi connectivity index (χ2n) is 7.14. The van der Waals surface area contributed by atoms with Gasteiger partial charge in [0.05, 0.1) is 11.8 Å². The molecular weight excluding hydrogens is 286 g/mol. The van der Waals surface area contributed by atoms with Crippen LogP contribution < -0.4 is 0 Å². The highest BCUT2D eigenvalue weighted by molar-refractivity contribution is 6.06. The van der Waals surface area contributed by atoms with Gasteiger partial charge in [-0.05, 0) is 36.3 Å². The fourth-order valence-electron chi connectivity index (χ4n) is 4.78. The lowest BCUT2D eigenvalue weighted by molar-refractivity contribution is -0.139. The maximum Gasteiger partial charge on any atom is 0.233 e. The highest BCUT2D eigenvalue weighted by Gasteiger charge is 2.64. The summed E-state index contributed by atoms with van der Waals surface area (Å²) in [5.41, 5.74) is 2.27. The molecule has 1 saturated carbocycles. The summed E-state index contributed by atoms with van der Waals surface area (Å²) in [4.78, 5) is 26.2. The lowest BCUT2D eigenvalue weighted by Crippen LogP contribution is -2.34. The number of rotatable bonds is 4. The van der Waals surface area contributed by atoms with Crippen molar-refractivity contribution in [2.24, 2.45) is 23.2 Å².